The first-order valence-corrected chi connectivity index (χ1v) is 9.95. The minimum atomic E-state index is -0.457. The number of benzene rings is 1. The number of carbonyl (C=O) groups is 1. The number of aromatic nitrogens is 3. The van der Waals surface area contributed by atoms with Crippen LogP contribution in [0.4, 0.5) is 5.82 Å². The predicted molar refractivity (Wildman–Crippen MR) is 118 cm³/mol. The quantitative estimate of drug-likeness (QED) is 0.485. The smallest absolute Gasteiger partial charge is 0.343 e. The van der Waals surface area contributed by atoms with E-state index in [-0.39, 0.29) is 6.61 Å². The average molecular weight is 422 g/mol. The van der Waals surface area contributed by atoms with Gasteiger partial charge in [0, 0.05) is 43.7 Å². The van der Waals surface area contributed by atoms with E-state index in [1.54, 1.807) is 39.5 Å². The zero-order chi connectivity index (χ0) is 22.2. The molecule has 0 radical (unpaired) electrons. The van der Waals surface area contributed by atoms with Gasteiger partial charge in [-0.2, -0.15) is 0 Å². The molecule has 0 saturated carbocycles. The summed E-state index contributed by atoms with van der Waals surface area (Å²) >= 11 is 0. The highest BCUT2D eigenvalue weighted by atomic mass is 16.5. The lowest BCUT2D eigenvalue weighted by Crippen LogP contribution is -2.25. The van der Waals surface area contributed by atoms with Gasteiger partial charge in [-0.3, -0.25) is 4.98 Å². The highest BCUT2D eigenvalue weighted by Gasteiger charge is 2.20. The summed E-state index contributed by atoms with van der Waals surface area (Å²) in [5.41, 5.74) is 2.02. The van der Waals surface area contributed by atoms with Gasteiger partial charge in [0.25, 0.3) is 0 Å². The first-order chi connectivity index (χ1) is 15.1. The van der Waals surface area contributed by atoms with Crippen LogP contribution >= 0.6 is 0 Å². The van der Waals surface area contributed by atoms with E-state index in [4.69, 9.17) is 14.2 Å². The fourth-order valence-corrected chi connectivity index (χ4v) is 3.07. The van der Waals surface area contributed by atoms with Gasteiger partial charge in [0.1, 0.15) is 11.4 Å². The molecule has 3 rings (SSSR count). The SMILES string of the molecule is CCOC(=O)c1cnc(-c2ccc(OC)c(OC)c2)nc1N(C)CCc1ccccn1. The molecule has 0 saturated heterocycles. The second kappa shape index (κ2) is 10.4. The van der Waals surface area contributed by atoms with E-state index in [2.05, 4.69) is 15.0 Å². The van der Waals surface area contributed by atoms with Crippen LogP contribution in [0.1, 0.15) is 23.0 Å². The third-order valence-electron chi connectivity index (χ3n) is 4.70. The third kappa shape index (κ3) is 5.28. The van der Waals surface area contributed by atoms with Gasteiger partial charge in [0.05, 0.1) is 20.8 Å². The Morgan fingerprint density at radius 1 is 1.06 bits per heavy atom. The highest BCUT2D eigenvalue weighted by molar-refractivity contribution is 5.94. The van der Waals surface area contributed by atoms with E-state index in [0.29, 0.717) is 41.7 Å². The monoisotopic (exact) mass is 422 g/mol. The van der Waals surface area contributed by atoms with Crippen molar-refractivity contribution in [3.05, 3.63) is 60.0 Å². The number of hydrogen-bond acceptors (Lipinski definition) is 8. The summed E-state index contributed by atoms with van der Waals surface area (Å²) < 4.78 is 15.9. The van der Waals surface area contributed by atoms with Crippen LogP contribution < -0.4 is 14.4 Å². The molecular weight excluding hydrogens is 396 g/mol. The maximum Gasteiger partial charge on any atom is 0.343 e. The van der Waals surface area contributed by atoms with Crippen LogP contribution in [-0.2, 0) is 11.2 Å². The van der Waals surface area contributed by atoms with E-state index in [1.807, 2.05) is 36.2 Å². The number of nitrogens with zero attached hydrogens (tertiary/aromatic N) is 4. The molecule has 31 heavy (non-hydrogen) atoms. The number of carbonyl (C=O) groups excluding carboxylic acids is 1. The first-order valence-electron chi connectivity index (χ1n) is 9.95. The number of anilines is 1. The van der Waals surface area contributed by atoms with Crippen molar-refractivity contribution in [2.24, 2.45) is 0 Å². The molecular formula is C23H26N4O4. The van der Waals surface area contributed by atoms with Crippen molar-refractivity contribution in [3.63, 3.8) is 0 Å². The third-order valence-corrected chi connectivity index (χ3v) is 4.70. The number of ether oxygens (including phenoxy) is 3. The average Bonchev–Trinajstić information content (AvgIpc) is 2.82. The second-order valence-electron chi connectivity index (χ2n) is 6.71. The van der Waals surface area contributed by atoms with E-state index in [9.17, 15) is 4.79 Å². The molecule has 0 bridgehead atoms. The molecule has 8 heteroatoms. The Kier molecular flexibility index (Phi) is 7.37. The first kappa shape index (κ1) is 22.0. The normalized spacial score (nSPS) is 10.5. The molecule has 1 aromatic carbocycles. The summed E-state index contributed by atoms with van der Waals surface area (Å²) in [6.07, 6.45) is 3.97. The highest BCUT2D eigenvalue weighted by Crippen LogP contribution is 2.32. The zero-order valence-corrected chi connectivity index (χ0v) is 18.2. The van der Waals surface area contributed by atoms with Crippen LogP contribution in [0.2, 0.25) is 0 Å². The van der Waals surface area contributed by atoms with Crippen molar-refractivity contribution in [1.82, 2.24) is 15.0 Å². The van der Waals surface area contributed by atoms with Crippen molar-refractivity contribution in [2.75, 3.05) is 39.3 Å². The van der Waals surface area contributed by atoms with Gasteiger partial charge < -0.3 is 19.1 Å². The summed E-state index contributed by atoms with van der Waals surface area (Å²) in [7, 11) is 5.03. The zero-order valence-electron chi connectivity index (χ0n) is 18.2. The van der Waals surface area contributed by atoms with Crippen molar-refractivity contribution in [3.8, 4) is 22.9 Å². The summed E-state index contributed by atoms with van der Waals surface area (Å²) in [5, 5.41) is 0. The summed E-state index contributed by atoms with van der Waals surface area (Å²) in [6, 6.07) is 11.2. The number of hydrogen-bond donors (Lipinski definition) is 0. The van der Waals surface area contributed by atoms with Crippen molar-refractivity contribution >= 4 is 11.8 Å². The fraction of sp³-hybridized carbons (Fsp3) is 0.304. The lowest BCUT2D eigenvalue weighted by atomic mass is 10.1. The molecule has 0 aliphatic rings. The van der Waals surface area contributed by atoms with E-state index in [1.165, 1.54) is 6.20 Å². The molecule has 0 spiro atoms. The van der Waals surface area contributed by atoms with Crippen molar-refractivity contribution < 1.29 is 19.0 Å². The Morgan fingerprint density at radius 3 is 2.55 bits per heavy atom. The molecule has 0 amide bonds. The molecule has 2 heterocycles. The van der Waals surface area contributed by atoms with Crippen LogP contribution in [-0.4, -0.2) is 55.3 Å². The molecule has 0 fully saturated rings. The Labute approximate surface area is 181 Å². The van der Waals surface area contributed by atoms with E-state index >= 15 is 0 Å². The summed E-state index contributed by atoms with van der Waals surface area (Å²) in [6.45, 7) is 2.65. The second-order valence-corrected chi connectivity index (χ2v) is 6.71. The molecule has 0 aliphatic heterocycles. The molecule has 2 aromatic heterocycles. The molecule has 0 unspecified atom stereocenters. The Morgan fingerprint density at radius 2 is 1.87 bits per heavy atom. The van der Waals surface area contributed by atoms with Gasteiger partial charge in [-0.15, -0.1) is 0 Å². The summed E-state index contributed by atoms with van der Waals surface area (Å²) in [5.74, 6) is 1.69. The summed E-state index contributed by atoms with van der Waals surface area (Å²) in [4.78, 5) is 27.8. The van der Waals surface area contributed by atoms with Crippen LogP contribution in [0.5, 0.6) is 11.5 Å². The predicted octanol–water partition coefficient (Wildman–Crippen LogP) is 3.41. The van der Waals surface area contributed by atoms with Gasteiger partial charge in [-0.1, -0.05) is 6.07 Å². The fourth-order valence-electron chi connectivity index (χ4n) is 3.07. The van der Waals surface area contributed by atoms with Crippen molar-refractivity contribution in [2.45, 2.75) is 13.3 Å². The van der Waals surface area contributed by atoms with Crippen LogP contribution in [0.3, 0.4) is 0 Å². The van der Waals surface area contributed by atoms with Crippen LogP contribution in [0, 0.1) is 0 Å². The molecule has 3 aromatic rings. The molecule has 0 atom stereocenters. The minimum absolute atomic E-state index is 0.271. The van der Waals surface area contributed by atoms with E-state index in [0.717, 1.165) is 11.3 Å². The van der Waals surface area contributed by atoms with Crippen LogP contribution in [0.25, 0.3) is 11.4 Å². The molecule has 0 aliphatic carbocycles. The van der Waals surface area contributed by atoms with Crippen LogP contribution in [0.15, 0.2) is 48.8 Å². The number of likely N-dealkylation sites (N-methyl/N-ethyl adjacent to an activating group) is 1. The Bertz CT molecular complexity index is 1030. The number of pyridine rings is 1. The van der Waals surface area contributed by atoms with Crippen molar-refractivity contribution in [1.29, 1.82) is 0 Å². The Hall–Kier alpha value is -3.68. The van der Waals surface area contributed by atoms with Gasteiger partial charge in [0.2, 0.25) is 0 Å². The largest absolute Gasteiger partial charge is 0.493 e. The van der Waals surface area contributed by atoms with E-state index < -0.39 is 5.97 Å². The maximum absolute atomic E-state index is 12.5. The standard InChI is InChI=1S/C23H26N4O4/c1-5-31-23(28)18-15-25-21(16-9-10-19(29-3)20(14-16)30-4)26-22(18)27(2)13-11-17-8-6-7-12-24-17/h6-10,12,14-15H,5,11,13H2,1-4H3. The Balaban J connectivity index is 1.95. The lowest BCUT2D eigenvalue weighted by Gasteiger charge is -2.21. The number of rotatable bonds is 9. The minimum Gasteiger partial charge on any atom is -0.493 e. The lowest BCUT2D eigenvalue weighted by molar-refractivity contribution is 0.0526. The molecule has 8 nitrogen and oxygen atoms in total. The van der Waals surface area contributed by atoms with Gasteiger partial charge in [-0.25, -0.2) is 14.8 Å². The topological polar surface area (TPSA) is 86.7 Å². The number of methoxy groups -OCH3 is 2. The van der Waals surface area contributed by atoms with Gasteiger partial charge >= 0.3 is 5.97 Å². The van der Waals surface area contributed by atoms with Gasteiger partial charge in [-0.05, 0) is 37.3 Å². The molecule has 162 valence electrons. The van der Waals surface area contributed by atoms with Gasteiger partial charge in [0.15, 0.2) is 17.3 Å². The number of esters is 1. The maximum atomic E-state index is 12.5. The molecule has 0 N–H and O–H groups in total.